The highest BCUT2D eigenvalue weighted by Crippen LogP contribution is 2.22. The Labute approximate surface area is 201 Å². The first kappa shape index (κ1) is 25.1. The smallest absolute Gasteiger partial charge is 0.261 e. The number of halogens is 1. The summed E-state index contributed by atoms with van der Waals surface area (Å²) in [7, 11) is 1.00. The van der Waals surface area contributed by atoms with Crippen LogP contribution < -0.4 is 15.5 Å². The second-order valence-corrected chi connectivity index (χ2v) is 9.21. The van der Waals surface area contributed by atoms with Gasteiger partial charge in [0.2, 0.25) is 5.91 Å². The Kier molecular flexibility index (Phi) is 9.21. The molecule has 1 atom stereocenters. The van der Waals surface area contributed by atoms with Gasteiger partial charge in [-0.3, -0.25) is 19.3 Å². The molecule has 11 heteroatoms. The zero-order valence-corrected chi connectivity index (χ0v) is 19.8. The molecule has 2 aromatic rings. The number of hydrogen-bond donors (Lipinski definition) is 3. The van der Waals surface area contributed by atoms with E-state index in [4.69, 9.17) is 21.4 Å². The second kappa shape index (κ2) is 12.1. The summed E-state index contributed by atoms with van der Waals surface area (Å²) in [5, 5.41) is 12.9. The number of carbonyl (C=O) groups is 3. The molecule has 0 bridgehead atoms. The topological polar surface area (TPSA) is 111 Å². The van der Waals surface area contributed by atoms with E-state index >= 15 is 0 Å². The number of nitrogens with one attached hydrogen (secondary N) is 2. The molecule has 1 aromatic heterocycles. The molecule has 0 spiro atoms. The largest absolute Gasteiger partial charge is 0.400 e. The van der Waals surface area contributed by atoms with E-state index in [1.807, 2.05) is 17.0 Å². The van der Waals surface area contributed by atoms with E-state index < -0.39 is 0 Å². The van der Waals surface area contributed by atoms with E-state index in [9.17, 15) is 14.4 Å². The highest BCUT2D eigenvalue weighted by Gasteiger charge is 2.26. The van der Waals surface area contributed by atoms with Gasteiger partial charge in [-0.05, 0) is 42.8 Å². The lowest BCUT2D eigenvalue weighted by molar-refractivity contribution is -0.125. The molecule has 0 saturated carbocycles. The zero-order chi connectivity index (χ0) is 23.8. The number of thiophene rings is 1. The lowest BCUT2D eigenvalue weighted by atomic mass is 10.2. The summed E-state index contributed by atoms with van der Waals surface area (Å²) in [5.41, 5.74) is 1.46. The number of nitrogens with zero attached hydrogens (tertiary/aromatic N) is 2. The third-order valence-corrected chi connectivity index (χ3v) is 6.45. The van der Waals surface area contributed by atoms with Crippen LogP contribution in [0.2, 0.25) is 4.34 Å². The monoisotopic (exact) mass is 494 g/mol. The van der Waals surface area contributed by atoms with E-state index in [2.05, 4.69) is 10.6 Å². The maximum absolute atomic E-state index is 12.4. The van der Waals surface area contributed by atoms with Gasteiger partial charge >= 0.3 is 0 Å². The van der Waals surface area contributed by atoms with Gasteiger partial charge in [0.05, 0.1) is 22.4 Å². The number of amides is 3. The number of carbonyl (C=O) groups excluding carboxylic acids is 3. The molecule has 9 nitrogen and oxygen atoms in total. The van der Waals surface area contributed by atoms with Gasteiger partial charge in [0.25, 0.3) is 11.8 Å². The summed E-state index contributed by atoms with van der Waals surface area (Å²) in [6.07, 6.45) is 0.792. The highest BCUT2D eigenvalue weighted by atomic mass is 35.5. The molecule has 2 aliphatic heterocycles. The first-order valence-corrected chi connectivity index (χ1v) is 11.7. The van der Waals surface area contributed by atoms with Crippen LogP contribution in [-0.4, -0.2) is 80.3 Å². The van der Waals surface area contributed by atoms with Gasteiger partial charge < -0.3 is 25.4 Å². The fraction of sp³-hybridized carbons (Fsp3) is 0.409. The third-order valence-electron chi connectivity index (χ3n) is 5.22. The van der Waals surface area contributed by atoms with Crippen molar-refractivity contribution < 1.29 is 24.2 Å². The molecule has 1 unspecified atom stereocenters. The van der Waals surface area contributed by atoms with Crippen LogP contribution in [0.1, 0.15) is 16.1 Å². The van der Waals surface area contributed by atoms with Gasteiger partial charge in [-0.25, -0.2) is 0 Å². The van der Waals surface area contributed by atoms with Gasteiger partial charge in [-0.2, -0.15) is 0 Å². The molecule has 3 heterocycles. The Morgan fingerprint density at radius 2 is 1.94 bits per heavy atom. The average molecular weight is 495 g/mol. The molecule has 3 N–H and O–H groups in total. The molecule has 178 valence electrons. The number of benzene rings is 1. The first-order chi connectivity index (χ1) is 16.0. The van der Waals surface area contributed by atoms with Gasteiger partial charge in [-0.15, -0.1) is 11.3 Å². The number of anilines is 2. The molecule has 4 rings (SSSR count). The molecule has 0 radical (unpaired) electrons. The summed E-state index contributed by atoms with van der Waals surface area (Å²) in [5.74, 6) is -0.319. The summed E-state index contributed by atoms with van der Waals surface area (Å²) >= 11 is 7.14. The standard InChI is InChI=1S/C21H23ClN4O4S.CH4O/c22-18-6-5-17(31-18)21(29)24-15-7-8-25(11-15)12-19(27)23-14-1-3-16(4-2-14)26-9-10-30-13-20(26)28;1-2/h1-6,15H,7-13H2,(H,23,27)(H,24,29);2H,1H3. The van der Waals surface area contributed by atoms with Crippen molar-refractivity contribution in [1.82, 2.24) is 10.2 Å². The summed E-state index contributed by atoms with van der Waals surface area (Å²) < 4.78 is 5.73. The molecule has 0 aliphatic carbocycles. The van der Waals surface area contributed by atoms with Crippen molar-refractivity contribution in [2.45, 2.75) is 12.5 Å². The zero-order valence-electron chi connectivity index (χ0n) is 18.3. The van der Waals surface area contributed by atoms with E-state index in [0.717, 1.165) is 25.8 Å². The van der Waals surface area contributed by atoms with Crippen molar-refractivity contribution in [1.29, 1.82) is 0 Å². The molecule has 2 saturated heterocycles. The minimum Gasteiger partial charge on any atom is -0.400 e. The Bertz CT molecular complexity index is 968. The van der Waals surface area contributed by atoms with Crippen molar-refractivity contribution in [3.8, 4) is 0 Å². The van der Waals surface area contributed by atoms with Crippen LogP contribution in [0, 0.1) is 0 Å². The average Bonchev–Trinajstić information content (AvgIpc) is 3.45. The second-order valence-electron chi connectivity index (χ2n) is 7.49. The third kappa shape index (κ3) is 6.99. The summed E-state index contributed by atoms with van der Waals surface area (Å²) in [4.78, 5) is 40.9. The minimum atomic E-state index is -0.132. The van der Waals surface area contributed by atoms with Gasteiger partial charge in [-0.1, -0.05) is 11.6 Å². The van der Waals surface area contributed by atoms with Crippen LogP contribution in [0.5, 0.6) is 0 Å². The first-order valence-electron chi connectivity index (χ1n) is 10.5. The predicted molar refractivity (Wildman–Crippen MR) is 128 cm³/mol. The van der Waals surface area contributed by atoms with E-state index in [1.165, 1.54) is 11.3 Å². The fourth-order valence-corrected chi connectivity index (χ4v) is 4.65. The van der Waals surface area contributed by atoms with Crippen LogP contribution in [0.3, 0.4) is 0 Å². The van der Waals surface area contributed by atoms with Gasteiger partial charge in [0.15, 0.2) is 0 Å². The number of aliphatic hydroxyl groups excluding tert-OH is 1. The molecule has 1 aromatic carbocycles. The van der Waals surface area contributed by atoms with Gasteiger partial charge in [0, 0.05) is 44.2 Å². The predicted octanol–water partition coefficient (Wildman–Crippen LogP) is 1.82. The number of hydrogen-bond acceptors (Lipinski definition) is 7. The maximum atomic E-state index is 12.4. The number of rotatable bonds is 6. The molecule has 2 fully saturated rings. The van der Waals surface area contributed by atoms with E-state index in [1.54, 1.807) is 29.2 Å². The Morgan fingerprint density at radius 1 is 1.18 bits per heavy atom. The van der Waals surface area contributed by atoms with Crippen LogP contribution in [-0.2, 0) is 14.3 Å². The molecular weight excluding hydrogens is 468 g/mol. The van der Waals surface area contributed by atoms with Crippen molar-refractivity contribution >= 4 is 52.0 Å². The molecule has 3 amide bonds. The van der Waals surface area contributed by atoms with Crippen LogP contribution >= 0.6 is 22.9 Å². The summed E-state index contributed by atoms with van der Waals surface area (Å²) in [6.45, 7) is 2.75. The quantitative estimate of drug-likeness (QED) is 0.565. The van der Waals surface area contributed by atoms with E-state index in [0.29, 0.717) is 34.6 Å². The highest BCUT2D eigenvalue weighted by molar-refractivity contribution is 7.18. The number of aliphatic hydroxyl groups is 1. The number of ether oxygens (including phenoxy) is 1. The van der Waals surface area contributed by atoms with Crippen LogP contribution in [0.15, 0.2) is 36.4 Å². The summed E-state index contributed by atoms with van der Waals surface area (Å²) in [6, 6.07) is 10.6. The molecule has 33 heavy (non-hydrogen) atoms. The minimum absolute atomic E-state index is 0.00604. The van der Waals surface area contributed by atoms with Crippen molar-refractivity contribution in [2.24, 2.45) is 0 Å². The Balaban J connectivity index is 0.00000149. The number of morpholine rings is 1. The van der Waals surface area contributed by atoms with E-state index in [-0.39, 0.29) is 36.9 Å². The van der Waals surface area contributed by atoms with Gasteiger partial charge in [0.1, 0.15) is 6.61 Å². The maximum Gasteiger partial charge on any atom is 0.261 e. The van der Waals surface area contributed by atoms with Crippen LogP contribution in [0.25, 0.3) is 0 Å². The normalized spacial score (nSPS) is 18.5. The Hall–Kier alpha value is -2.50. The van der Waals surface area contributed by atoms with Crippen molar-refractivity contribution in [2.75, 3.05) is 56.7 Å². The molecular formula is C22H27ClN4O5S. The lowest BCUT2D eigenvalue weighted by Crippen LogP contribution is -2.41. The van der Waals surface area contributed by atoms with Crippen molar-refractivity contribution in [3.05, 3.63) is 45.6 Å². The SMILES string of the molecule is CO.O=C(CN1CCC(NC(=O)c2ccc(Cl)s2)C1)Nc1ccc(N2CCOCC2=O)cc1. The lowest BCUT2D eigenvalue weighted by Gasteiger charge is -2.27. The fourth-order valence-electron chi connectivity index (χ4n) is 3.71. The molecule has 2 aliphatic rings. The van der Waals surface area contributed by atoms with Crippen molar-refractivity contribution in [3.63, 3.8) is 0 Å². The van der Waals surface area contributed by atoms with Crippen LogP contribution in [0.4, 0.5) is 11.4 Å². The Morgan fingerprint density at radius 3 is 2.61 bits per heavy atom. The number of likely N-dealkylation sites (tertiary alicyclic amines) is 1.